The van der Waals surface area contributed by atoms with Crippen LogP contribution in [0.15, 0.2) is 194 Å². The Balaban J connectivity index is 1.12. The van der Waals surface area contributed by atoms with Gasteiger partial charge in [-0.3, -0.25) is 13.7 Å². The molecule has 66 heavy (non-hydrogen) atoms. The number of rotatable bonds is 9. The van der Waals surface area contributed by atoms with Crippen LogP contribution in [0.3, 0.4) is 0 Å². The molecule has 5 heteroatoms. The summed E-state index contributed by atoms with van der Waals surface area (Å²) >= 11 is 0. The SMILES string of the molecule is CC(C)(C)c1ccnc(-n2c3ccccc3c3ccc(Oc4cc(-c5ccccc5)cc(-n5[c-][n+](-c6cc(-c7ccccc7)cc(C(C)(C)c7ccccc7)c6)c(C(C)(C)C)c5)c4)cc32)c1. The van der Waals surface area contributed by atoms with Crippen molar-refractivity contribution in [2.45, 2.75) is 71.6 Å². The van der Waals surface area contributed by atoms with Gasteiger partial charge in [0.05, 0.1) is 28.1 Å². The van der Waals surface area contributed by atoms with Gasteiger partial charge in [0.1, 0.15) is 17.3 Å². The van der Waals surface area contributed by atoms with Gasteiger partial charge in [-0.15, -0.1) is 0 Å². The smallest absolute Gasteiger partial charge is 0.269 e. The number of benzene rings is 7. The quantitative estimate of drug-likeness (QED) is 0.107. The minimum Gasteiger partial charge on any atom is -0.458 e. The molecule has 10 rings (SSSR count). The summed E-state index contributed by atoms with van der Waals surface area (Å²) < 4.78 is 13.6. The van der Waals surface area contributed by atoms with Crippen molar-refractivity contribution in [3.63, 3.8) is 0 Å². The van der Waals surface area contributed by atoms with Crippen LogP contribution in [-0.4, -0.2) is 14.1 Å². The molecule has 0 radical (unpaired) electrons. The number of ether oxygens (including phenoxy) is 1. The summed E-state index contributed by atoms with van der Waals surface area (Å²) in [5.41, 5.74) is 13.0. The molecule has 0 fully saturated rings. The van der Waals surface area contributed by atoms with Crippen LogP contribution < -0.4 is 9.30 Å². The first kappa shape index (κ1) is 42.5. The molecule has 0 saturated carbocycles. The van der Waals surface area contributed by atoms with Crippen molar-refractivity contribution < 1.29 is 9.30 Å². The Bertz CT molecular complexity index is 3360. The van der Waals surface area contributed by atoms with Crippen molar-refractivity contribution in [3.8, 4) is 50.9 Å². The molecule has 0 saturated heterocycles. The number of aromatic nitrogens is 4. The van der Waals surface area contributed by atoms with Crippen LogP contribution in [0.4, 0.5) is 0 Å². The van der Waals surface area contributed by atoms with Crippen LogP contribution in [-0.2, 0) is 16.2 Å². The Hall–Kier alpha value is -7.50. The molecule has 7 aromatic carbocycles. The largest absolute Gasteiger partial charge is 0.458 e. The van der Waals surface area contributed by atoms with Gasteiger partial charge in [0.25, 0.3) is 6.33 Å². The molecule has 10 aromatic rings. The van der Waals surface area contributed by atoms with E-state index in [4.69, 9.17) is 9.72 Å². The van der Waals surface area contributed by atoms with Crippen LogP contribution in [0.25, 0.3) is 61.3 Å². The van der Waals surface area contributed by atoms with Gasteiger partial charge in [0.15, 0.2) is 0 Å². The molecule has 0 amide bonds. The highest BCUT2D eigenvalue weighted by Gasteiger charge is 2.27. The van der Waals surface area contributed by atoms with Gasteiger partial charge in [0.2, 0.25) is 0 Å². The zero-order valence-corrected chi connectivity index (χ0v) is 39.2. The van der Waals surface area contributed by atoms with Gasteiger partial charge in [-0.25, -0.2) is 4.98 Å². The zero-order chi connectivity index (χ0) is 45.8. The molecular weight excluding hydrogens is 805 g/mol. The first-order valence-electron chi connectivity index (χ1n) is 22.9. The van der Waals surface area contributed by atoms with Gasteiger partial charge in [-0.1, -0.05) is 171 Å². The summed E-state index contributed by atoms with van der Waals surface area (Å²) in [5, 5.41) is 2.32. The van der Waals surface area contributed by atoms with Crippen LogP contribution in [0, 0.1) is 6.33 Å². The third-order valence-electron chi connectivity index (χ3n) is 13.0. The predicted octanol–water partition coefficient (Wildman–Crippen LogP) is 15.1. The Kier molecular flexibility index (Phi) is 10.6. The lowest BCUT2D eigenvalue weighted by Crippen LogP contribution is -2.39. The van der Waals surface area contributed by atoms with E-state index in [2.05, 4.69) is 264 Å². The third kappa shape index (κ3) is 8.11. The summed E-state index contributed by atoms with van der Waals surface area (Å²) in [6.07, 6.45) is 7.99. The van der Waals surface area contributed by atoms with E-state index in [0.717, 1.165) is 67.5 Å². The lowest BCUT2D eigenvalue weighted by Gasteiger charge is -2.28. The normalized spacial score (nSPS) is 12.2. The van der Waals surface area contributed by atoms with E-state index < -0.39 is 0 Å². The third-order valence-corrected chi connectivity index (χ3v) is 13.0. The van der Waals surface area contributed by atoms with Gasteiger partial charge in [-0.2, -0.15) is 0 Å². The number of imidazole rings is 1. The van der Waals surface area contributed by atoms with Gasteiger partial charge < -0.3 is 4.74 Å². The van der Waals surface area contributed by atoms with E-state index >= 15 is 0 Å². The van der Waals surface area contributed by atoms with Crippen LogP contribution in [0.1, 0.15) is 77.8 Å². The molecule has 0 bridgehead atoms. The van der Waals surface area contributed by atoms with Crippen molar-refractivity contribution >= 4 is 21.8 Å². The molecule has 3 aromatic heterocycles. The first-order chi connectivity index (χ1) is 31.7. The molecule has 3 heterocycles. The standard InChI is InChI=1S/C61H56N4O/c1-59(2,3)47-30-31-62-58(37-47)65-55-27-19-18-26-53(55)54-29-28-51(39-56(54)65)66-52-35-45(43-22-14-10-15-23-43)33-49(38-52)63-40-57(60(4,5)6)64(41-63)50-34-44(42-20-12-9-13-21-42)32-48(36-50)61(7,8)46-24-16-11-17-25-46/h9-40H,1-8H3. The molecule has 0 aliphatic rings. The van der Waals surface area contributed by atoms with Gasteiger partial charge in [-0.05, 0) is 110 Å². The fraction of sp³-hybridized carbons (Fsp3) is 0.180. The second kappa shape index (κ2) is 16.5. The van der Waals surface area contributed by atoms with E-state index in [1.165, 1.54) is 27.6 Å². The van der Waals surface area contributed by atoms with E-state index in [9.17, 15) is 0 Å². The average molecular weight is 861 g/mol. The molecular formula is C61H56N4O. The molecule has 326 valence electrons. The molecule has 0 aliphatic heterocycles. The maximum atomic E-state index is 6.96. The molecule has 0 unspecified atom stereocenters. The molecule has 5 nitrogen and oxygen atoms in total. The second-order valence-corrected chi connectivity index (χ2v) is 20.1. The fourth-order valence-corrected chi connectivity index (χ4v) is 9.13. The van der Waals surface area contributed by atoms with Crippen molar-refractivity contribution in [1.29, 1.82) is 0 Å². The zero-order valence-electron chi connectivity index (χ0n) is 39.2. The number of fused-ring (bicyclic) bond motifs is 3. The molecule has 0 aliphatic carbocycles. The summed E-state index contributed by atoms with van der Waals surface area (Å²) in [7, 11) is 0. The Morgan fingerprint density at radius 2 is 1.12 bits per heavy atom. The fourth-order valence-electron chi connectivity index (χ4n) is 9.13. The lowest BCUT2D eigenvalue weighted by atomic mass is 9.77. The van der Waals surface area contributed by atoms with Crippen LogP contribution in [0.5, 0.6) is 11.5 Å². The van der Waals surface area contributed by atoms with Crippen molar-refractivity contribution in [3.05, 3.63) is 223 Å². The Labute approximate surface area is 389 Å². The summed E-state index contributed by atoms with van der Waals surface area (Å²) in [5.74, 6) is 2.35. The topological polar surface area (TPSA) is 35.9 Å². The highest BCUT2D eigenvalue weighted by molar-refractivity contribution is 6.09. The minimum atomic E-state index is -0.258. The van der Waals surface area contributed by atoms with E-state index in [1.54, 1.807) is 0 Å². The summed E-state index contributed by atoms with van der Waals surface area (Å²) in [6.45, 7) is 18.2. The Morgan fingerprint density at radius 3 is 1.80 bits per heavy atom. The highest BCUT2D eigenvalue weighted by atomic mass is 16.5. The number of pyridine rings is 1. The number of hydrogen-bond acceptors (Lipinski definition) is 2. The number of para-hydroxylation sites is 1. The minimum absolute atomic E-state index is 0.0231. The monoisotopic (exact) mass is 860 g/mol. The van der Waals surface area contributed by atoms with Crippen LogP contribution >= 0.6 is 0 Å². The first-order valence-corrected chi connectivity index (χ1v) is 22.9. The lowest BCUT2D eigenvalue weighted by molar-refractivity contribution is -0.611. The second-order valence-electron chi connectivity index (χ2n) is 20.1. The van der Waals surface area contributed by atoms with Gasteiger partial charge in [0, 0.05) is 34.6 Å². The molecule has 0 N–H and O–H groups in total. The predicted molar refractivity (Wildman–Crippen MR) is 272 cm³/mol. The maximum Gasteiger partial charge on any atom is 0.269 e. The van der Waals surface area contributed by atoms with Crippen molar-refractivity contribution in [2.75, 3.05) is 0 Å². The summed E-state index contributed by atoms with van der Waals surface area (Å²) in [6, 6.07) is 64.8. The van der Waals surface area contributed by atoms with E-state index in [0.29, 0.717) is 0 Å². The Morgan fingerprint density at radius 1 is 0.485 bits per heavy atom. The number of hydrogen-bond donors (Lipinski definition) is 0. The molecule has 0 atom stereocenters. The van der Waals surface area contributed by atoms with E-state index in [1.807, 2.05) is 6.20 Å². The average Bonchev–Trinajstić information content (AvgIpc) is 3.93. The highest BCUT2D eigenvalue weighted by Crippen LogP contribution is 2.39. The number of nitrogens with zero attached hydrogens (tertiary/aromatic N) is 4. The maximum absolute atomic E-state index is 6.96. The van der Waals surface area contributed by atoms with Crippen LogP contribution in [0.2, 0.25) is 0 Å². The molecule has 0 spiro atoms. The van der Waals surface area contributed by atoms with Gasteiger partial charge >= 0.3 is 0 Å². The summed E-state index contributed by atoms with van der Waals surface area (Å²) in [4.78, 5) is 4.91. The van der Waals surface area contributed by atoms with Crippen molar-refractivity contribution in [1.82, 2.24) is 14.1 Å². The van der Waals surface area contributed by atoms with Crippen molar-refractivity contribution in [2.24, 2.45) is 0 Å². The van der Waals surface area contributed by atoms with E-state index in [-0.39, 0.29) is 16.2 Å².